The van der Waals surface area contributed by atoms with Crippen molar-refractivity contribution in [1.82, 2.24) is 20.1 Å². The van der Waals surface area contributed by atoms with Crippen LogP contribution in [0.3, 0.4) is 0 Å². The van der Waals surface area contributed by atoms with Crippen molar-refractivity contribution < 1.29 is 13.9 Å². The zero-order chi connectivity index (χ0) is 23.4. The van der Waals surface area contributed by atoms with E-state index in [9.17, 15) is 9.18 Å². The number of nitrogens with zero attached hydrogens (tertiary/aromatic N) is 3. The smallest absolute Gasteiger partial charge is 0.307 e. The Morgan fingerprint density at radius 2 is 2.24 bits per heavy atom. The van der Waals surface area contributed by atoms with Crippen LogP contribution in [0.2, 0.25) is 0 Å². The highest BCUT2D eigenvalue weighted by Gasteiger charge is 2.23. The molecule has 0 aliphatic carbocycles. The molecule has 9 heteroatoms. The fourth-order valence-electron chi connectivity index (χ4n) is 4.49. The van der Waals surface area contributed by atoms with Crippen molar-refractivity contribution in [2.24, 2.45) is 5.73 Å². The lowest BCUT2D eigenvalue weighted by Gasteiger charge is -2.33. The van der Waals surface area contributed by atoms with E-state index in [1.165, 1.54) is 6.20 Å². The van der Waals surface area contributed by atoms with E-state index in [0.717, 1.165) is 48.3 Å². The number of ether oxygens (including phenoxy) is 1. The monoisotopic (exact) mass is 454 g/mol. The first-order valence-corrected chi connectivity index (χ1v) is 11.5. The van der Waals surface area contributed by atoms with Crippen LogP contribution in [0.5, 0.6) is 0 Å². The average molecular weight is 455 g/mol. The number of nitrogens with one attached hydrogen (secondary N) is 2. The molecule has 4 rings (SSSR count). The van der Waals surface area contributed by atoms with Gasteiger partial charge in [-0.3, -0.25) is 4.79 Å². The number of piperidine rings is 1. The minimum atomic E-state index is -0.273. The lowest BCUT2D eigenvalue weighted by molar-refractivity contribution is -0.143. The van der Waals surface area contributed by atoms with Gasteiger partial charge in [0, 0.05) is 53.9 Å². The largest absolute Gasteiger partial charge is 0.466 e. The Bertz CT molecular complexity index is 1130. The number of anilines is 1. The van der Waals surface area contributed by atoms with Gasteiger partial charge in [-0.15, -0.1) is 10.2 Å². The van der Waals surface area contributed by atoms with Gasteiger partial charge < -0.3 is 25.7 Å². The van der Waals surface area contributed by atoms with E-state index in [-0.39, 0.29) is 17.8 Å². The van der Waals surface area contributed by atoms with Gasteiger partial charge in [0.1, 0.15) is 5.82 Å². The summed E-state index contributed by atoms with van der Waals surface area (Å²) in [5.41, 5.74) is 10.3. The van der Waals surface area contributed by atoms with E-state index in [4.69, 9.17) is 10.5 Å². The second-order valence-corrected chi connectivity index (χ2v) is 8.44. The number of H-pyrrole nitrogens is 1. The highest BCUT2D eigenvalue weighted by atomic mass is 19.1. The number of hydrogen-bond acceptors (Lipinski definition) is 7. The molecule has 3 heterocycles. The Hall–Kier alpha value is -3.04. The molecule has 0 radical (unpaired) electrons. The van der Waals surface area contributed by atoms with E-state index < -0.39 is 0 Å². The molecular formula is C24H31FN6O2. The van der Waals surface area contributed by atoms with Gasteiger partial charge in [-0.05, 0) is 50.9 Å². The molecule has 1 atom stereocenters. The second-order valence-electron chi connectivity index (χ2n) is 8.44. The van der Waals surface area contributed by atoms with Gasteiger partial charge >= 0.3 is 5.97 Å². The summed E-state index contributed by atoms with van der Waals surface area (Å²) in [5, 5.41) is 13.0. The minimum absolute atomic E-state index is 0.157. The van der Waals surface area contributed by atoms with Crippen LogP contribution in [0, 0.1) is 12.7 Å². The Morgan fingerprint density at radius 3 is 3.03 bits per heavy atom. The number of likely N-dealkylation sites (tertiary alicyclic amines) is 1. The minimum Gasteiger partial charge on any atom is -0.466 e. The molecule has 0 unspecified atom stereocenters. The first kappa shape index (κ1) is 23.1. The van der Waals surface area contributed by atoms with Crippen molar-refractivity contribution in [3.63, 3.8) is 0 Å². The quantitative estimate of drug-likeness (QED) is 0.448. The molecule has 1 fully saturated rings. The van der Waals surface area contributed by atoms with Crippen LogP contribution in [-0.4, -0.2) is 58.3 Å². The lowest BCUT2D eigenvalue weighted by atomic mass is 10.0. The molecule has 1 aromatic carbocycles. The molecule has 0 amide bonds. The van der Waals surface area contributed by atoms with Gasteiger partial charge in [0.15, 0.2) is 5.82 Å². The molecule has 33 heavy (non-hydrogen) atoms. The first-order chi connectivity index (χ1) is 16.0. The van der Waals surface area contributed by atoms with E-state index >= 15 is 0 Å². The third-order valence-electron chi connectivity index (χ3n) is 6.24. The molecule has 0 bridgehead atoms. The van der Waals surface area contributed by atoms with Crippen LogP contribution < -0.4 is 11.1 Å². The van der Waals surface area contributed by atoms with Crippen molar-refractivity contribution in [3.05, 3.63) is 41.3 Å². The molecule has 1 saturated heterocycles. The van der Waals surface area contributed by atoms with E-state index in [1.807, 2.05) is 26.0 Å². The number of halogens is 1. The number of aromatic amines is 1. The molecule has 2 aromatic heterocycles. The maximum Gasteiger partial charge on any atom is 0.307 e. The Kier molecular flexibility index (Phi) is 7.20. The summed E-state index contributed by atoms with van der Waals surface area (Å²) in [6.07, 6.45) is 3.80. The molecule has 1 aliphatic rings. The number of hydrogen-bond donors (Lipinski definition) is 3. The van der Waals surface area contributed by atoms with Crippen molar-refractivity contribution in [3.8, 4) is 11.3 Å². The molecule has 1 aliphatic heterocycles. The fourth-order valence-corrected chi connectivity index (χ4v) is 4.49. The summed E-state index contributed by atoms with van der Waals surface area (Å²) in [7, 11) is 0. The fraction of sp³-hybridized carbons (Fsp3) is 0.458. The second kappa shape index (κ2) is 10.3. The number of rotatable bonds is 8. The zero-order valence-electron chi connectivity index (χ0n) is 19.2. The van der Waals surface area contributed by atoms with Gasteiger partial charge in [0.2, 0.25) is 0 Å². The Labute approximate surface area is 192 Å². The molecule has 3 aromatic rings. The van der Waals surface area contributed by atoms with Crippen molar-refractivity contribution in [2.45, 2.75) is 45.7 Å². The number of carbonyl (C=O) groups excluding carboxylic acids is 1. The Morgan fingerprint density at radius 1 is 1.39 bits per heavy atom. The summed E-state index contributed by atoms with van der Waals surface area (Å²) in [4.78, 5) is 16.9. The van der Waals surface area contributed by atoms with Gasteiger partial charge in [-0.25, -0.2) is 4.39 Å². The number of aromatic nitrogens is 3. The molecule has 0 saturated carbocycles. The SMILES string of the molecule is CCOC(=O)CCN1CCC[C@@H](Nc2nnc(-c3ccc4c(F)c[nH]c4c3)c(C)c2CN)C1. The zero-order valence-corrected chi connectivity index (χ0v) is 19.2. The molecular weight excluding hydrogens is 423 g/mol. The summed E-state index contributed by atoms with van der Waals surface area (Å²) in [5.74, 6) is 0.267. The normalized spacial score (nSPS) is 16.8. The van der Waals surface area contributed by atoms with Gasteiger partial charge in [-0.2, -0.15) is 0 Å². The van der Waals surface area contributed by atoms with Crippen molar-refractivity contribution in [1.29, 1.82) is 0 Å². The third-order valence-corrected chi connectivity index (χ3v) is 6.24. The first-order valence-electron chi connectivity index (χ1n) is 11.5. The van der Waals surface area contributed by atoms with Crippen molar-refractivity contribution in [2.75, 3.05) is 31.6 Å². The van der Waals surface area contributed by atoms with Gasteiger partial charge in [0.05, 0.1) is 18.7 Å². The third kappa shape index (κ3) is 5.15. The van der Waals surface area contributed by atoms with E-state index in [2.05, 4.69) is 25.4 Å². The van der Waals surface area contributed by atoms with Crippen LogP contribution in [-0.2, 0) is 16.1 Å². The van der Waals surface area contributed by atoms with Gasteiger partial charge in [0.25, 0.3) is 0 Å². The maximum absolute atomic E-state index is 13.8. The van der Waals surface area contributed by atoms with E-state index in [0.29, 0.717) is 42.8 Å². The van der Waals surface area contributed by atoms with Crippen LogP contribution in [0.25, 0.3) is 22.2 Å². The molecule has 176 valence electrons. The predicted molar refractivity (Wildman–Crippen MR) is 126 cm³/mol. The number of fused-ring (bicyclic) bond motifs is 1. The predicted octanol–water partition coefficient (Wildman–Crippen LogP) is 3.36. The summed E-state index contributed by atoms with van der Waals surface area (Å²) in [6, 6.07) is 5.68. The van der Waals surface area contributed by atoms with Crippen molar-refractivity contribution >= 4 is 22.7 Å². The van der Waals surface area contributed by atoms with Gasteiger partial charge in [-0.1, -0.05) is 6.07 Å². The van der Waals surface area contributed by atoms with Crippen LogP contribution in [0.15, 0.2) is 24.4 Å². The van der Waals surface area contributed by atoms with Crippen LogP contribution in [0.4, 0.5) is 10.2 Å². The van der Waals surface area contributed by atoms with Crippen LogP contribution in [0.1, 0.15) is 37.3 Å². The highest BCUT2D eigenvalue weighted by Crippen LogP contribution is 2.30. The summed E-state index contributed by atoms with van der Waals surface area (Å²) < 4.78 is 18.8. The Balaban J connectivity index is 1.49. The average Bonchev–Trinajstić information content (AvgIpc) is 3.18. The molecule has 4 N–H and O–H groups in total. The number of esters is 1. The lowest BCUT2D eigenvalue weighted by Crippen LogP contribution is -2.43. The number of benzene rings is 1. The van der Waals surface area contributed by atoms with E-state index in [1.54, 1.807) is 6.07 Å². The summed E-state index contributed by atoms with van der Waals surface area (Å²) >= 11 is 0. The highest BCUT2D eigenvalue weighted by molar-refractivity contribution is 5.85. The molecule has 8 nitrogen and oxygen atoms in total. The van der Waals surface area contributed by atoms with Crippen LogP contribution >= 0.6 is 0 Å². The topological polar surface area (TPSA) is 109 Å². The summed E-state index contributed by atoms with van der Waals surface area (Å²) in [6.45, 7) is 7.02. The maximum atomic E-state index is 13.8. The molecule has 0 spiro atoms. The number of nitrogens with two attached hydrogens (primary N) is 1. The standard InChI is InChI=1S/C24H31FN6O2/c1-3-33-22(32)8-10-31-9-4-5-17(14-31)28-24-19(12-26)15(2)23(29-30-24)16-6-7-18-20(25)13-27-21(18)11-16/h6-7,11,13,17,27H,3-5,8-10,12,14,26H2,1-2H3,(H,28,30)/t17-/m1/s1. The number of carbonyl (C=O) groups is 1.